The van der Waals surface area contributed by atoms with Gasteiger partial charge in [-0.25, -0.2) is 0 Å². The minimum atomic E-state index is -0.0210. The standard InChI is InChI=1S/C16H27N3O3.ClH/c20-15(11-14-4-1-5-17-14)19-6-2-3-13(12-19)16(21)18-7-9-22-10-8-18;/h13-14,17H,1-12H2;1H. The molecule has 3 heterocycles. The first-order chi connectivity index (χ1) is 10.7. The largest absolute Gasteiger partial charge is 0.378 e. The van der Waals surface area contributed by atoms with Gasteiger partial charge < -0.3 is 19.9 Å². The number of ether oxygens (including phenoxy) is 1. The van der Waals surface area contributed by atoms with E-state index in [1.807, 2.05) is 9.80 Å². The molecule has 0 aromatic carbocycles. The van der Waals surface area contributed by atoms with Crippen LogP contribution in [0.1, 0.15) is 32.1 Å². The molecule has 0 aromatic heterocycles. The zero-order valence-electron chi connectivity index (χ0n) is 13.7. The quantitative estimate of drug-likeness (QED) is 0.815. The van der Waals surface area contributed by atoms with Crippen molar-refractivity contribution in [2.24, 2.45) is 5.92 Å². The van der Waals surface area contributed by atoms with Crippen molar-refractivity contribution in [1.82, 2.24) is 15.1 Å². The van der Waals surface area contributed by atoms with Gasteiger partial charge in [0.15, 0.2) is 0 Å². The van der Waals surface area contributed by atoms with E-state index in [1.54, 1.807) is 0 Å². The average molecular weight is 346 g/mol. The van der Waals surface area contributed by atoms with Crippen LogP contribution in [0.15, 0.2) is 0 Å². The lowest BCUT2D eigenvalue weighted by Crippen LogP contribution is -2.50. The predicted octanol–water partition coefficient (Wildman–Crippen LogP) is 0.648. The smallest absolute Gasteiger partial charge is 0.227 e. The molecule has 7 heteroatoms. The first-order valence-corrected chi connectivity index (χ1v) is 8.62. The number of nitrogens with one attached hydrogen (secondary N) is 1. The highest BCUT2D eigenvalue weighted by Crippen LogP contribution is 2.21. The van der Waals surface area contributed by atoms with E-state index in [9.17, 15) is 9.59 Å². The summed E-state index contributed by atoms with van der Waals surface area (Å²) in [7, 11) is 0. The maximum atomic E-state index is 12.6. The Morgan fingerprint density at radius 3 is 2.52 bits per heavy atom. The molecule has 23 heavy (non-hydrogen) atoms. The Bertz CT molecular complexity index is 409. The van der Waals surface area contributed by atoms with Crippen molar-refractivity contribution in [3.05, 3.63) is 0 Å². The Morgan fingerprint density at radius 2 is 1.83 bits per heavy atom. The number of amides is 2. The minimum Gasteiger partial charge on any atom is -0.378 e. The summed E-state index contributed by atoms with van der Waals surface area (Å²) in [6, 6.07) is 0.336. The molecule has 0 aromatic rings. The molecule has 3 saturated heterocycles. The van der Waals surface area contributed by atoms with Gasteiger partial charge in [0.2, 0.25) is 11.8 Å². The third-order valence-electron chi connectivity index (χ3n) is 5.03. The molecule has 2 amide bonds. The van der Waals surface area contributed by atoms with Gasteiger partial charge in [0.1, 0.15) is 0 Å². The molecule has 0 spiro atoms. The molecule has 3 rings (SSSR count). The van der Waals surface area contributed by atoms with Gasteiger partial charge in [-0.3, -0.25) is 9.59 Å². The molecule has 0 saturated carbocycles. The van der Waals surface area contributed by atoms with Crippen LogP contribution in [0, 0.1) is 5.92 Å². The highest BCUT2D eigenvalue weighted by atomic mass is 35.5. The van der Waals surface area contributed by atoms with Gasteiger partial charge in [-0.05, 0) is 32.2 Å². The fraction of sp³-hybridized carbons (Fsp3) is 0.875. The van der Waals surface area contributed by atoms with Gasteiger partial charge in [-0.1, -0.05) is 0 Å². The van der Waals surface area contributed by atoms with Gasteiger partial charge in [0, 0.05) is 38.6 Å². The van der Waals surface area contributed by atoms with E-state index in [-0.39, 0.29) is 30.1 Å². The van der Waals surface area contributed by atoms with Crippen LogP contribution in [-0.2, 0) is 14.3 Å². The molecule has 3 fully saturated rings. The Balaban J connectivity index is 0.00000192. The number of rotatable bonds is 3. The lowest BCUT2D eigenvalue weighted by atomic mass is 9.95. The van der Waals surface area contributed by atoms with E-state index >= 15 is 0 Å². The molecular formula is C16H28ClN3O3. The van der Waals surface area contributed by atoms with Crippen molar-refractivity contribution in [3.8, 4) is 0 Å². The summed E-state index contributed by atoms with van der Waals surface area (Å²) >= 11 is 0. The van der Waals surface area contributed by atoms with Crippen LogP contribution in [0.2, 0.25) is 0 Å². The highest BCUT2D eigenvalue weighted by molar-refractivity contribution is 5.85. The van der Waals surface area contributed by atoms with Crippen molar-refractivity contribution in [1.29, 1.82) is 0 Å². The topological polar surface area (TPSA) is 61.9 Å². The SMILES string of the molecule is Cl.O=C(CC1CCCN1)N1CCCC(C(=O)N2CCOCC2)C1. The fourth-order valence-electron chi connectivity index (χ4n) is 3.72. The third kappa shape index (κ3) is 4.81. The van der Waals surface area contributed by atoms with Gasteiger partial charge in [0.05, 0.1) is 19.1 Å². The molecule has 2 unspecified atom stereocenters. The maximum absolute atomic E-state index is 12.6. The van der Waals surface area contributed by atoms with Crippen LogP contribution in [0.3, 0.4) is 0 Å². The van der Waals surface area contributed by atoms with Gasteiger partial charge >= 0.3 is 0 Å². The van der Waals surface area contributed by atoms with Crippen molar-refractivity contribution < 1.29 is 14.3 Å². The Hall–Kier alpha value is -0.850. The fourth-order valence-corrected chi connectivity index (χ4v) is 3.72. The predicted molar refractivity (Wildman–Crippen MR) is 89.6 cm³/mol. The third-order valence-corrected chi connectivity index (χ3v) is 5.03. The zero-order valence-corrected chi connectivity index (χ0v) is 14.5. The number of hydrogen-bond donors (Lipinski definition) is 1. The molecule has 0 radical (unpaired) electrons. The number of halogens is 1. The van der Waals surface area contributed by atoms with Crippen molar-refractivity contribution in [2.75, 3.05) is 45.9 Å². The molecule has 0 aliphatic carbocycles. The Labute approximate surface area is 144 Å². The summed E-state index contributed by atoms with van der Waals surface area (Å²) in [5, 5.41) is 3.38. The number of nitrogens with zero attached hydrogens (tertiary/aromatic N) is 2. The number of morpholine rings is 1. The van der Waals surface area contributed by atoms with E-state index in [4.69, 9.17) is 4.74 Å². The summed E-state index contributed by atoms with van der Waals surface area (Å²) in [6.45, 7) is 5.07. The van der Waals surface area contributed by atoms with Crippen LogP contribution in [0.25, 0.3) is 0 Å². The second-order valence-electron chi connectivity index (χ2n) is 6.61. The minimum absolute atomic E-state index is 0. The first-order valence-electron chi connectivity index (χ1n) is 8.62. The second kappa shape index (κ2) is 8.85. The lowest BCUT2D eigenvalue weighted by Gasteiger charge is -2.36. The van der Waals surface area contributed by atoms with Gasteiger partial charge in [-0.2, -0.15) is 0 Å². The van der Waals surface area contributed by atoms with Crippen molar-refractivity contribution in [3.63, 3.8) is 0 Å². The molecule has 6 nitrogen and oxygen atoms in total. The van der Waals surface area contributed by atoms with Crippen molar-refractivity contribution in [2.45, 2.75) is 38.1 Å². The molecule has 1 N–H and O–H groups in total. The van der Waals surface area contributed by atoms with E-state index in [2.05, 4.69) is 5.32 Å². The first kappa shape index (κ1) is 18.5. The van der Waals surface area contributed by atoms with E-state index in [0.29, 0.717) is 45.3 Å². The molecule has 0 bridgehead atoms. The maximum Gasteiger partial charge on any atom is 0.227 e. The number of carbonyl (C=O) groups excluding carboxylic acids is 2. The van der Waals surface area contributed by atoms with Crippen LogP contribution >= 0.6 is 12.4 Å². The second-order valence-corrected chi connectivity index (χ2v) is 6.61. The van der Waals surface area contributed by atoms with Crippen LogP contribution in [0.5, 0.6) is 0 Å². The molecule has 132 valence electrons. The van der Waals surface area contributed by atoms with E-state index in [0.717, 1.165) is 38.8 Å². The number of hydrogen-bond acceptors (Lipinski definition) is 4. The number of likely N-dealkylation sites (tertiary alicyclic amines) is 1. The normalized spacial score (nSPS) is 28.3. The molecule has 3 aliphatic heterocycles. The van der Waals surface area contributed by atoms with E-state index in [1.165, 1.54) is 0 Å². The molecule has 3 aliphatic rings. The molecule has 2 atom stereocenters. The summed E-state index contributed by atoms with van der Waals surface area (Å²) in [6.07, 6.45) is 4.68. The Kier molecular flexibility index (Phi) is 7.11. The molecular weight excluding hydrogens is 318 g/mol. The van der Waals surface area contributed by atoms with Crippen molar-refractivity contribution >= 4 is 24.2 Å². The lowest BCUT2D eigenvalue weighted by molar-refractivity contribution is -0.144. The van der Waals surface area contributed by atoms with Crippen LogP contribution in [0.4, 0.5) is 0 Å². The highest BCUT2D eigenvalue weighted by Gasteiger charge is 2.32. The average Bonchev–Trinajstić information content (AvgIpc) is 3.08. The summed E-state index contributed by atoms with van der Waals surface area (Å²) in [4.78, 5) is 28.8. The summed E-state index contributed by atoms with van der Waals surface area (Å²) in [5.41, 5.74) is 0. The zero-order chi connectivity index (χ0) is 15.4. The van der Waals surface area contributed by atoms with Gasteiger partial charge in [0.25, 0.3) is 0 Å². The number of piperidine rings is 1. The number of carbonyl (C=O) groups is 2. The van der Waals surface area contributed by atoms with Gasteiger partial charge in [-0.15, -0.1) is 12.4 Å². The summed E-state index contributed by atoms with van der Waals surface area (Å²) < 4.78 is 5.31. The summed E-state index contributed by atoms with van der Waals surface area (Å²) in [5.74, 6) is 0.394. The monoisotopic (exact) mass is 345 g/mol. The van der Waals surface area contributed by atoms with E-state index < -0.39 is 0 Å². The van der Waals surface area contributed by atoms with Crippen LogP contribution in [-0.4, -0.2) is 73.6 Å². The van der Waals surface area contributed by atoms with Crippen LogP contribution < -0.4 is 5.32 Å². The Morgan fingerprint density at radius 1 is 1.04 bits per heavy atom.